The van der Waals surface area contributed by atoms with Crippen LogP contribution in [0, 0.1) is 12.3 Å². The van der Waals surface area contributed by atoms with Crippen molar-refractivity contribution in [1.82, 2.24) is 0 Å². The molecule has 0 aliphatic heterocycles. The number of methoxy groups -OCH3 is 1. The highest BCUT2D eigenvalue weighted by Crippen LogP contribution is 1.81. The summed E-state index contributed by atoms with van der Waals surface area (Å²) in [5.41, 5.74) is 0. The maximum atomic E-state index is 10.1. The predicted octanol–water partition coefficient (Wildman–Crippen LogP) is -0.847. The monoisotopic (exact) mass is 114 g/mol. The maximum absolute atomic E-state index is 10.1. The molecule has 0 radical (unpaired) electrons. The predicted molar refractivity (Wildman–Crippen MR) is 26.9 cm³/mol. The van der Waals surface area contributed by atoms with Crippen LogP contribution in [0.5, 0.6) is 0 Å². The minimum atomic E-state index is -1.42. The van der Waals surface area contributed by atoms with Gasteiger partial charge in [0.1, 0.15) is 0 Å². The van der Waals surface area contributed by atoms with Gasteiger partial charge >= 0.3 is 5.97 Å². The zero-order chi connectivity index (χ0) is 6.57. The van der Waals surface area contributed by atoms with Gasteiger partial charge in [-0.2, -0.15) is 0 Å². The SMILES string of the molecule is C#C[C@@H](O)C(=O)OC. The number of aliphatic hydroxyl groups is 1. The number of aliphatic hydroxyl groups excluding tert-OH is 1. The summed E-state index contributed by atoms with van der Waals surface area (Å²) in [5.74, 6) is 0.998. The number of terminal acetylenes is 1. The van der Waals surface area contributed by atoms with Gasteiger partial charge in [0.25, 0.3) is 0 Å². The van der Waals surface area contributed by atoms with Gasteiger partial charge in [-0.15, -0.1) is 6.42 Å². The quantitative estimate of drug-likeness (QED) is 0.357. The summed E-state index contributed by atoms with van der Waals surface area (Å²) >= 11 is 0. The summed E-state index contributed by atoms with van der Waals surface area (Å²) in [6.07, 6.45) is 3.23. The van der Waals surface area contributed by atoms with Crippen LogP contribution in [0.1, 0.15) is 0 Å². The molecule has 0 aromatic heterocycles. The van der Waals surface area contributed by atoms with Gasteiger partial charge in [0.05, 0.1) is 7.11 Å². The molecule has 0 saturated heterocycles. The van der Waals surface area contributed by atoms with E-state index in [1.165, 1.54) is 0 Å². The molecule has 1 N–H and O–H groups in total. The first-order valence-electron chi connectivity index (χ1n) is 1.94. The van der Waals surface area contributed by atoms with Crippen molar-refractivity contribution in [2.24, 2.45) is 0 Å². The standard InChI is InChI=1S/C5H6O3/c1-3-4(6)5(7)8-2/h1,4,6H,2H3/t4-/m1/s1. The molecule has 0 amide bonds. The molecule has 3 nitrogen and oxygen atoms in total. The Balaban J connectivity index is 3.68. The number of rotatable bonds is 1. The van der Waals surface area contributed by atoms with Crippen LogP contribution < -0.4 is 0 Å². The van der Waals surface area contributed by atoms with E-state index in [2.05, 4.69) is 11.2 Å². The fourth-order valence-corrected chi connectivity index (χ4v) is 0.180. The largest absolute Gasteiger partial charge is 0.466 e. The van der Waals surface area contributed by atoms with E-state index >= 15 is 0 Å². The van der Waals surface area contributed by atoms with Crippen molar-refractivity contribution in [1.29, 1.82) is 0 Å². The second kappa shape index (κ2) is 3.05. The maximum Gasteiger partial charge on any atom is 0.347 e. The van der Waals surface area contributed by atoms with Crippen LogP contribution in [0.4, 0.5) is 0 Å². The molecule has 0 fully saturated rings. The molecule has 0 aromatic rings. The van der Waals surface area contributed by atoms with Crippen LogP contribution in [0.3, 0.4) is 0 Å². The molecular weight excluding hydrogens is 108 g/mol. The molecule has 8 heavy (non-hydrogen) atoms. The lowest BCUT2D eigenvalue weighted by atomic mass is 10.4. The number of ether oxygens (including phenoxy) is 1. The van der Waals surface area contributed by atoms with Crippen LogP contribution in [0.25, 0.3) is 0 Å². The van der Waals surface area contributed by atoms with Gasteiger partial charge in [-0.1, -0.05) is 5.92 Å². The summed E-state index contributed by atoms with van der Waals surface area (Å²) in [6.45, 7) is 0. The van der Waals surface area contributed by atoms with Gasteiger partial charge in [-0.25, -0.2) is 4.79 Å². The van der Waals surface area contributed by atoms with Crippen LogP contribution in [-0.2, 0) is 9.53 Å². The van der Waals surface area contributed by atoms with Crippen molar-refractivity contribution < 1.29 is 14.6 Å². The summed E-state index contributed by atoms with van der Waals surface area (Å²) in [6, 6.07) is 0. The highest BCUT2D eigenvalue weighted by Gasteiger charge is 2.09. The van der Waals surface area contributed by atoms with E-state index in [9.17, 15) is 4.79 Å². The first kappa shape index (κ1) is 6.99. The lowest BCUT2D eigenvalue weighted by Crippen LogP contribution is -2.18. The highest BCUT2D eigenvalue weighted by atomic mass is 16.5. The third-order valence-electron chi connectivity index (χ3n) is 0.582. The van der Waals surface area contributed by atoms with E-state index in [1.54, 1.807) is 5.92 Å². The number of hydrogen-bond acceptors (Lipinski definition) is 3. The van der Waals surface area contributed by atoms with Crippen LogP contribution in [-0.4, -0.2) is 24.3 Å². The molecule has 0 aliphatic rings. The van der Waals surface area contributed by atoms with Crippen molar-refractivity contribution in [3.8, 4) is 12.3 Å². The molecule has 0 heterocycles. The minimum Gasteiger partial charge on any atom is -0.466 e. The summed E-state index contributed by atoms with van der Waals surface area (Å²) < 4.78 is 4.07. The molecule has 0 rings (SSSR count). The average Bonchev–Trinajstić information content (AvgIpc) is 1.84. The molecule has 44 valence electrons. The number of carbonyl (C=O) groups is 1. The molecule has 0 aromatic carbocycles. The number of esters is 1. The molecule has 1 atom stereocenters. The topological polar surface area (TPSA) is 46.5 Å². The Labute approximate surface area is 47.3 Å². The van der Waals surface area contributed by atoms with Gasteiger partial charge < -0.3 is 9.84 Å². The summed E-state index contributed by atoms with van der Waals surface area (Å²) in [4.78, 5) is 10.1. The van der Waals surface area contributed by atoms with Crippen molar-refractivity contribution in [2.75, 3.05) is 7.11 Å². The van der Waals surface area contributed by atoms with E-state index in [0.717, 1.165) is 7.11 Å². The van der Waals surface area contributed by atoms with Crippen molar-refractivity contribution in [3.05, 3.63) is 0 Å². The van der Waals surface area contributed by atoms with E-state index in [0.29, 0.717) is 0 Å². The molecule has 0 spiro atoms. The van der Waals surface area contributed by atoms with Crippen LogP contribution in [0.15, 0.2) is 0 Å². The first-order chi connectivity index (χ1) is 3.72. The molecule has 0 saturated carbocycles. The Morgan fingerprint density at radius 2 is 2.50 bits per heavy atom. The number of carbonyl (C=O) groups excluding carboxylic acids is 1. The molecule has 0 unspecified atom stereocenters. The van der Waals surface area contributed by atoms with E-state index in [-0.39, 0.29) is 0 Å². The Morgan fingerprint density at radius 1 is 2.00 bits per heavy atom. The van der Waals surface area contributed by atoms with Gasteiger partial charge in [-0.3, -0.25) is 0 Å². The lowest BCUT2D eigenvalue weighted by Gasteiger charge is -1.96. The van der Waals surface area contributed by atoms with E-state index < -0.39 is 12.1 Å². The summed E-state index contributed by atoms with van der Waals surface area (Å²) in [5, 5.41) is 8.42. The fourth-order valence-electron chi connectivity index (χ4n) is 0.180. The fraction of sp³-hybridized carbons (Fsp3) is 0.400. The van der Waals surface area contributed by atoms with Gasteiger partial charge in [0.2, 0.25) is 6.10 Å². The van der Waals surface area contributed by atoms with E-state index in [1.807, 2.05) is 0 Å². The zero-order valence-corrected chi connectivity index (χ0v) is 4.42. The first-order valence-corrected chi connectivity index (χ1v) is 1.94. The van der Waals surface area contributed by atoms with Crippen molar-refractivity contribution in [2.45, 2.75) is 6.10 Å². The Morgan fingerprint density at radius 3 is 2.62 bits per heavy atom. The summed E-state index contributed by atoms with van der Waals surface area (Å²) in [7, 11) is 1.16. The molecule has 0 bridgehead atoms. The van der Waals surface area contributed by atoms with Crippen molar-refractivity contribution in [3.63, 3.8) is 0 Å². The third kappa shape index (κ3) is 1.63. The molecule has 3 heteroatoms. The lowest BCUT2D eigenvalue weighted by molar-refractivity contribution is -0.147. The van der Waals surface area contributed by atoms with Crippen molar-refractivity contribution >= 4 is 5.97 Å². The highest BCUT2D eigenvalue weighted by molar-refractivity contribution is 5.77. The van der Waals surface area contributed by atoms with Gasteiger partial charge in [-0.05, 0) is 0 Å². The second-order valence-corrected chi connectivity index (χ2v) is 1.09. The zero-order valence-electron chi connectivity index (χ0n) is 4.42. The minimum absolute atomic E-state index is 0.799. The smallest absolute Gasteiger partial charge is 0.347 e. The average molecular weight is 114 g/mol. The normalized spacial score (nSPS) is 11.6. The molecule has 0 aliphatic carbocycles. The third-order valence-corrected chi connectivity index (χ3v) is 0.582. The Hall–Kier alpha value is -1.01. The number of hydrogen-bond donors (Lipinski definition) is 1. The second-order valence-electron chi connectivity index (χ2n) is 1.09. The van der Waals surface area contributed by atoms with E-state index in [4.69, 9.17) is 5.11 Å². The van der Waals surface area contributed by atoms with Crippen LogP contribution >= 0.6 is 0 Å². The van der Waals surface area contributed by atoms with Gasteiger partial charge in [0, 0.05) is 0 Å². The van der Waals surface area contributed by atoms with Crippen LogP contribution in [0.2, 0.25) is 0 Å². The Kier molecular flexibility index (Phi) is 2.67. The molecular formula is C5H6O3. The van der Waals surface area contributed by atoms with Gasteiger partial charge in [0.15, 0.2) is 0 Å². The Bertz CT molecular complexity index is 122.